The van der Waals surface area contributed by atoms with Gasteiger partial charge in [-0.1, -0.05) is 45.0 Å². The summed E-state index contributed by atoms with van der Waals surface area (Å²) in [5.41, 5.74) is 1.25. The molecule has 1 aromatic carbocycles. The summed E-state index contributed by atoms with van der Waals surface area (Å²) in [7, 11) is 0. The van der Waals surface area contributed by atoms with Crippen LogP contribution in [0.1, 0.15) is 58.1 Å². The predicted molar refractivity (Wildman–Crippen MR) is 129 cm³/mol. The Morgan fingerprint density at radius 1 is 1.21 bits per heavy atom. The predicted octanol–water partition coefficient (Wildman–Crippen LogP) is 2.66. The molecular formula is C26H38N4O4. The first-order chi connectivity index (χ1) is 16.1. The number of carbonyl (C=O) groups is 3. The third kappa shape index (κ3) is 5.61. The average molecular weight is 471 g/mol. The van der Waals surface area contributed by atoms with Crippen molar-refractivity contribution in [1.29, 1.82) is 0 Å². The number of urea groups is 1. The van der Waals surface area contributed by atoms with Crippen molar-refractivity contribution in [1.82, 2.24) is 20.4 Å². The van der Waals surface area contributed by atoms with E-state index >= 15 is 0 Å². The molecule has 1 aliphatic carbocycles. The van der Waals surface area contributed by atoms with Crippen LogP contribution in [0.2, 0.25) is 0 Å². The molecule has 3 aliphatic rings. The van der Waals surface area contributed by atoms with Gasteiger partial charge in [0, 0.05) is 26.2 Å². The van der Waals surface area contributed by atoms with Crippen molar-refractivity contribution in [2.24, 2.45) is 11.3 Å². The van der Waals surface area contributed by atoms with Gasteiger partial charge in [0.2, 0.25) is 5.91 Å². The van der Waals surface area contributed by atoms with E-state index in [4.69, 9.17) is 4.74 Å². The first-order valence-corrected chi connectivity index (χ1v) is 12.4. The summed E-state index contributed by atoms with van der Waals surface area (Å²) in [5, 5.41) is 5.80. The van der Waals surface area contributed by atoms with E-state index in [1.807, 2.05) is 12.1 Å². The number of amides is 4. The number of rotatable bonds is 6. The molecule has 1 aromatic rings. The quantitative estimate of drug-likeness (QED) is 0.624. The van der Waals surface area contributed by atoms with Gasteiger partial charge in [0.15, 0.2) is 0 Å². The molecule has 2 aliphatic heterocycles. The van der Waals surface area contributed by atoms with Crippen LogP contribution in [-0.2, 0) is 27.4 Å². The van der Waals surface area contributed by atoms with E-state index in [1.165, 1.54) is 5.56 Å². The Labute approximate surface area is 202 Å². The Bertz CT molecular complexity index is 948. The van der Waals surface area contributed by atoms with Crippen molar-refractivity contribution in [3.63, 3.8) is 0 Å². The van der Waals surface area contributed by atoms with Crippen LogP contribution in [-0.4, -0.2) is 65.5 Å². The van der Waals surface area contributed by atoms with E-state index in [-0.39, 0.29) is 29.9 Å². The lowest BCUT2D eigenvalue weighted by Crippen LogP contribution is -2.54. The molecule has 1 saturated carbocycles. The molecule has 2 heterocycles. The zero-order valence-corrected chi connectivity index (χ0v) is 20.9. The highest BCUT2D eigenvalue weighted by Crippen LogP contribution is 2.46. The number of benzene rings is 1. The molecule has 0 bridgehead atoms. The molecule has 2 saturated heterocycles. The van der Waals surface area contributed by atoms with Crippen molar-refractivity contribution in [2.75, 3.05) is 26.2 Å². The van der Waals surface area contributed by atoms with Crippen LogP contribution in [0.4, 0.5) is 4.79 Å². The first-order valence-electron chi connectivity index (χ1n) is 12.4. The fourth-order valence-electron chi connectivity index (χ4n) is 6.18. The normalized spacial score (nSPS) is 29.4. The Morgan fingerprint density at radius 3 is 2.71 bits per heavy atom. The summed E-state index contributed by atoms with van der Waals surface area (Å²) in [6.07, 6.45) is 2.47. The number of hydrogen-bond acceptors (Lipinski definition) is 5. The van der Waals surface area contributed by atoms with Gasteiger partial charge in [-0.2, -0.15) is 0 Å². The van der Waals surface area contributed by atoms with Gasteiger partial charge < -0.3 is 15.4 Å². The summed E-state index contributed by atoms with van der Waals surface area (Å²) in [4.78, 5) is 42.0. The highest BCUT2D eigenvalue weighted by Gasteiger charge is 2.56. The fourth-order valence-corrected chi connectivity index (χ4v) is 6.18. The second-order valence-corrected chi connectivity index (χ2v) is 11.3. The molecule has 186 valence electrons. The monoisotopic (exact) mass is 470 g/mol. The van der Waals surface area contributed by atoms with Crippen molar-refractivity contribution in [3.05, 3.63) is 35.4 Å². The average Bonchev–Trinajstić information content (AvgIpc) is 2.94. The van der Waals surface area contributed by atoms with E-state index in [9.17, 15) is 14.4 Å². The zero-order chi connectivity index (χ0) is 24.5. The molecule has 2 N–H and O–H groups in total. The minimum absolute atomic E-state index is 0.0385. The molecular weight excluding hydrogens is 432 g/mol. The van der Waals surface area contributed by atoms with Gasteiger partial charge >= 0.3 is 6.03 Å². The Hall–Kier alpha value is -2.45. The van der Waals surface area contributed by atoms with Crippen LogP contribution in [0.25, 0.3) is 0 Å². The minimum atomic E-state index is -0.885. The second-order valence-electron chi connectivity index (χ2n) is 11.3. The number of carbonyl (C=O) groups excluding carboxylic acids is 3. The third-order valence-electron chi connectivity index (χ3n) is 7.14. The molecule has 3 fully saturated rings. The minimum Gasteiger partial charge on any atom is -0.376 e. The maximum absolute atomic E-state index is 13.2. The van der Waals surface area contributed by atoms with E-state index in [0.717, 1.165) is 43.1 Å². The van der Waals surface area contributed by atoms with Crippen molar-refractivity contribution < 1.29 is 19.1 Å². The van der Waals surface area contributed by atoms with Crippen LogP contribution >= 0.6 is 0 Å². The van der Waals surface area contributed by atoms with Gasteiger partial charge in [-0.15, -0.1) is 0 Å². The van der Waals surface area contributed by atoms with Gasteiger partial charge in [-0.3, -0.25) is 19.4 Å². The molecule has 4 amide bonds. The Balaban J connectivity index is 1.32. The van der Waals surface area contributed by atoms with Gasteiger partial charge in [0.05, 0.1) is 12.7 Å². The van der Waals surface area contributed by atoms with E-state index in [1.54, 1.807) is 0 Å². The van der Waals surface area contributed by atoms with Crippen molar-refractivity contribution >= 4 is 17.8 Å². The topological polar surface area (TPSA) is 91.0 Å². The molecule has 8 nitrogen and oxygen atoms in total. The number of imide groups is 1. The highest BCUT2D eigenvalue weighted by molar-refractivity contribution is 6.09. The standard InChI is InChI=1S/C26H38N4O4/c1-18-11-25(3,4)17-26(12-18)23(32)30(24(33)28-26)16-22(31)27-13-20-6-5-7-21(10-20)15-29-8-9-34-19(2)14-29/h5-7,10,18-19H,8-9,11-17H2,1-4H3,(H,27,31)(H,28,33). The molecule has 0 aromatic heterocycles. The van der Waals surface area contributed by atoms with Crippen molar-refractivity contribution in [2.45, 2.75) is 71.7 Å². The van der Waals surface area contributed by atoms with Crippen LogP contribution in [0.5, 0.6) is 0 Å². The second kappa shape index (κ2) is 9.66. The first kappa shape index (κ1) is 24.7. The van der Waals surface area contributed by atoms with E-state index < -0.39 is 11.6 Å². The molecule has 8 heteroatoms. The third-order valence-corrected chi connectivity index (χ3v) is 7.14. The van der Waals surface area contributed by atoms with Gasteiger partial charge in [0.25, 0.3) is 5.91 Å². The molecule has 0 radical (unpaired) electrons. The molecule has 3 atom stereocenters. The van der Waals surface area contributed by atoms with E-state index in [2.05, 4.69) is 55.4 Å². The summed E-state index contributed by atoms with van der Waals surface area (Å²) in [6, 6.07) is 7.68. The summed E-state index contributed by atoms with van der Waals surface area (Å²) in [6.45, 7) is 12.0. The highest BCUT2D eigenvalue weighted by atomic mass is 16.5. The number of ether oxygens (including phenoxy) is 1. The number of nitrogens with zero attached hydrogens (tertiary/aromatic N) is 2. The van der Waals surface area contributed by atoms with Crippen molar-refractivity contribution in [3.8, 4) is 0 Å². The molecule has 3 unspecified atom stereocenters. The van der Waals surface area contributed by atoms with Crippen LogP contribution < -0.4 is 10.6 Å². The molecule has 4 rings (SSSR count). The van der Waals surface area contributed by atoms with E-state index in [0.29, 0.717) is 25.3 Å². The summed E-state index contributed by atoms with van der Waals surface area (Å²) >= 11 is 0. The lowest BCUT2D eigenvalue weighted by Gasteiger charge is -2.43. The molecule has 34 heavy (non-hydrogen) atoms. The number of nitrogens with one attached hydrogen (secondary N) is 2. The van der Waals surface area contributed by atoms with Crippen LogP contribution in [0.3, 0.4) is 0 Å². The van der Waals surface area contributed by atoms with Gasteiger partial charge in [-0.25, -0.2) is 4.79 Å². The molecule has 1 spiro atoms. The maximum Gasteiger partial charge on any atom is 0.325 e. The zero-order valence-electron chi connectivity index (χ0n) is 20.9. The fraction of sp³-hybridized carbons (Fsp3) is 0.654. The van der Waals surface area contributed by atoms with Gasteiger partial charge in [0.1, 0.15) is 12.1 Å². The lowest BCUT2D eigenvalue weighted by atomic mass is 9.64. The smallest absolute Gasteiger partial charge is 0.325 e. The maximum atomic E-state index is 13.2. The SMILES string of the molecule is CC1CC(C)(C)CC2(C1)NC(=O)N(CC(=O)NCc1cccc(CN3CCOC(C)C3)c1)C2=O. The Morgan fingerprint density at radius 2 is 1.97 bits per heavy atom. The van der Waals surface area contributed by atoms with Crippen LogP contribution in [0.15, 0.2) is 24.3 Å². The van der Waals surface area contributed by atoms with Gasteiger partial charge in [-0.05, 0) is 48.6 Å². The van der Waals surface area contributed by atoms with Crippen LogP contribution in [0, 0.1) is 11.3 Å². The summed E-state index contributed by atoms with van der Waals surface area (Å²) < 4.78 is 5.61. The Kier molecular flexibility index (Phi) is 7.01. The number of hydrogen-bond donors (Lipinski definition) is 2. The number of morpholine rings is 1. The largest absolute Gasteiger partial charge is 0.376 e. The summed E-state index contributed by atoms with van der Waals surface area (Å²) in [5.74, 6) is -0.278. The lowest BCUT2D eigenvalue weighted by molar-refractivity contribution is -0.137.